The fraction of sp³-hybridized carbons (Fsp3) is 0.127. The highest BCUT2D eigenvalue weighted by Crippen LogP contribution is 2.53. The molecule has 9 aromatic carbocycles. The van der Waals surface area contributed by atoms with E-state index in [4.69, 9.17) is 0 Å². The van der Waals surface area contributed by atoms with Crippen LogP contribution in [0.1, 0.15) is 55.5 Å². The standard InChI is InChI=1S/C55H42/c1-33-22-25-46-47(30-33)52(35-24-27-42-40-17-11-13-21-49(40)55(4,5)51(42)32-35)43-18-8-9-19-44(43)53(46)45-29-28-36(37-14-6-7-15-38(37)45)34-23-26-41-39-16-10-12-20-48(39)54(2,3)50(41)31-34/h6-32H,1-5H3. The van der Waals surface area contributed by atoms with Gasteiger partial charge in [0.2, 0.25) is 0 Å². The van der Waals surface area contributed by atoms with Crippen molar-refractivity contribution in [3.8, 4) is 55.6 Å². The predicted octanol–water partition coefficient (Wildman–Crippen LogP) is 15.1. The third kappa shape index (κ3) is 4.46. The maximum absolute atomic E-state index is 2.49. The third-order valence-electron chi connectivity index (χ3n) is 13.1. The van der Waals surface area contributed by atoms with E-state index in [0.29, 0.717) is 0 Å². The SMILES string of the molecule is Cc1ccc2c(-c3ccc(-c4ccc5c(c4)C(C)(C)c4ccccc4-5)c4ccccc34)c3ccccc3c(-c3ccc4c(c3)C(C)(C)c3ccccc3-4)c2c1. The first-order valence-corrected chi connectivity index (χ1v) is 19.7. The zero-order chi connectivity index (χ0) is 37.2. The molecule has 0 heteroatoms. The predicted molar refractivity (Wildman–Crippen MR) is 235 cm³/mol. The van der Waals surface area contributed by atoms with Gasteiger partial charge in [-0.2, -0.15) is 0 Å². The maximum Gasteiger partial charge on any atom is 0.0159 e. The van der Waals surface area contributed by atoms with Crippen molar-refractivity contribution in [1.29, 1.82) is 0 Å². The molecule has 0 radical (unpaired) electrons. The Morgan fingerprint density at radius 3 is 1.36 bits per heavy atom. The summed E-state index contributed by atoms with van der Waals surface area (Å²) in [5.41, 5.74) is 19.9. The van der Waals surface area contributed by atoms with Gasteiger partial charge in [-0.05, 0) is 129 Å². The van der Waals surface area contributed by atoms with E-state index >= 15 is 0 Å². The number of hydrogen-bond acceptors (Lipinski definition) is 0. The molecule has 0 atom stereocenters. The smallest absolute Gasteiger partial charge is 0.0159 e. The van der Waals surface area contributed by atoms with Gasteiger partial charge >= 0.3 is 0 Å². The van der Waals surface area contributed by atoms with Crippen LogP contribution in [0.4, 0.5) is 0 Å². The lowest BCUT2D eigenvalue weighted by Crippen LogP contribution is -2.14. The van der Waals surface area contributed by atoms with E-state index in [1.165, 1.54) is 116 Å². The van der Waals surface area contributed by atoms with Gasteiger partial charge in [-0.15, -0.1) is 0 Å². The number of benzene rings is 9. The summed E-state index contributed by atoms with van der Waals surface area (Å²) in [5, 5.41) is 7.72. The minimum absolute atomic E-state index is 0.0477. The van der Waals surface area contributed by atoms with E-state index in [1.807, 2.05) is 0 Å². The number of rotatable bonds is 3. The van der Waals surface area contributed by atoms with E-state index < -0.39 is 0 Å². The van der Waals surface area contributed by atoms with Crippen LogP contribution in [-0.2, 0) is 10.8 Å². The molecule has 0 fully saturated rings. The first-order chi connectivity index (χ1) is 26.7. The first kappa shape index (κ1) is 32.2. The molecule has 2 aliphatic rings. The fourth-order valence-electron chi connectivity index (χ4n) is 10.4. The average Bonchev–Trinajstić information content (AvgIpc) is 3.58. The van der Waals surface area contributed by atoms with Crippen molar-refractivity contribution in [1.82, 2.24) is 0 Å². The fourth-order valence-corrected chi connectivity index (χ4v) is 10.4. The lowest BCUT2D eigenvalue weighted by atomic mass is 9.80. The second kappa shape index (κ2) is 11.4. The minimum atomic E-state index is -0.0668. The zero-order valence-electron chi connectivity index (χ0n) is 32.1. The molecule has 0 spiro atoms. The van der Waals surface area contributed by atoms with Crippen molar-refractivity contribution in [3.05, 3.63) is 192 Å². The lowest BCUT2D eigenvalue weighted by Gasteiger charge is -2.23. The van der Waals surface area contributed by atoms with E-state index in [0.717, 1.165) is 0 Å². The number of fused-ring (bicyclic) bond motifs is 9. The van der Waals surface area contributed by atoms with Crippen LogP contribution in [-0.4, -0.2) is 0 Å². The molecular weight excluding hydrogens is 661 g/mol. The normalized spacial score (nSPS) is 14.6. The van der Waals surface area contributed by atoms with Crippen LogP contribution in [0, 0.1) is 6.92 Å². The molecule has 0 N–H and O–H groups in total. The Morgan fingerprint density at radius 1 is 0.291 bits per heavy atom. The Kier molecular flexibility index (Phi) is 6.67. The molecule has 0 nitrogen and oxygen atoms in total. The van der Waals surface area contributed by atoms with Crippen molar-refractivity contribution >= 4 is 32.3 Å². The molecule has 0 heterocycles. The second-order valence-corrected chi connectivity index (χ2v) is 16.9. The third-order valence-corrected chi connectivity index (χ3v) is 13.1. The van der Waals surface area contributed by atoms with Gasteiger partial charge in [-0.1, -0.05) is 185 Å². The monoisotopic (exact) mass is 702 g/mol. The first-order valence-electron chi connectivity index (χ1n) is 19.7. The molecule has 0 saturated carbocycles. The molecule has 0 saturated heterocycles. The van der Waals surface area contributed by atoms with Crippen LogP contribution >= 0.6 is 0 Å². The van der Waals surface area contributed by atoms with Gasteiger partial charge in [0.15, 0.2) is 0 Å². The zero-order valence-corrected chi connectivity index (χ0v) is 32.1. The largest absolute Gasteiger partial charge is 0.0619 e. The van der Waals surface area contributed by atoms with E-state index in [1.54, 1.807) is 0 Å². The molecule has 55 heavy (non-hydrogen) atoms. The van der Waals surface area contributed by atoms with Crippen molar-refractivity contribution < 1.29 is 0 Å². The van der Waals surface area contributed by atoms with Gasteiger partial charge in [0.25, 0.3) is 0 Å². The quantitative estimate of drug-likeness (QED) is 0.161. The van der Waals surface area contributed by atoms with Crippen molar-refractivity contribution in [2.45, 2.75) is 45.4 Å². The molecule has 0 unspecified atom stereocenters. The molecular formula is C55H42. The Bertz CT molecular complexity index is 3100. The highest BCUT2D eigenvalue weighted by molar-refractivity contribution is 6.24. The Morgan fingerprint density at radius 2 is 0.727 bits per heavy atom. The van der Waals surface area contributed by atoms with Crippen LogP contribution < -0.4 is 0 Å². The van der Waals surface area contributed by atoms with Gasteiger partial charge in [0.05, 0.1) is 0 Å². The van der Waals surface area contributed by atoms with Gasteiger partial charge in [0.1, 0.15) is 0 Å². The summed E-state index contributed by atoms with van der Waals surface area (Å²) in [5.74, 6) is 0. The van der Waals surface area contributed by atoms with Crippen molar-refractivity contribution in [2.75, 3.05) is 0 Å². The van der Waals surface area contributed by atoms with E-state index in [9.17, 15) is 0 Å². The van der Waals surface area contributed by atoms with Crippen molar-refractivity contribution in [3.63, 3.8) is 0 Å². The molecule has 0 aromatic heterocycles. The Balaban J connectivity index is 1.14. The minimum Gasteiger partial charge on any atom is -0.0619 e. The van der Waals surface area contributed by atoms with Crippen LogP contribution in [0.15, 0.2) is 164 Å². The van der Waals surface area contributed by atoms with Crippen molar-refractivity contribution in [2.24, 2.45) is 0 Å². The van der Waals surface area contributed by atoms with Crippen LogP contribution in [0.5, 0.6) is 0 Å². The highest BCUT2D eigenvalue weighted by atomic mass is 14.4. The van der Waals surface area contributed by atoms with Gasteiger partial charge < -0.3 is 0 Å². The summed E-state index contributed by atoms with van der Waals surface area (Å²) in [6.45, 7) is 11.7. The molecule has 11 rings (SSSR count). The molecule has 9 aromatic rings. The lowest BCUT2D eigenvalue weighted by molar-refractivity contribution is 0.660. The summed E-state index contributed by atoms with van der Waals surface area (Å²) < 4.78 is 0. The van der Waals surface area contributed by atoms with E-state index in [2.05, 4.69) is 198 Å². The Hall–Kier alpha value is -6.24. The molecule has 2 aliphatic carbocycles. The summed E-state index contributed by atoms with van der Waals surface area (Å²) in [6.07, 6.45) is 0. The summed E-state index contributed by atoms with van der Waals surface area (Å²) >= 11 is 0. The second-order valence-electron chi connectivity index (χ2n) is 16.9. The molecule has 0 amide bonds. The van der Waals surface area contributed by atoms with E-state index in [-0.39, 0.29) is 10.8 Å². The summed E-state index contributed by atoms with van der Waals surface area (Å²) in [7, 11) is 0. The van der Waals surface area contributed by atoms with Crippen LogP contribution in [0.2, 0.25) is 0 Å². The van der Waals surface area contributed by atoms with Gasteiger partial charge in [-0.25, -0.2) is 0 Å². The van der Waals surface area contributed by atoms with Crippen LogP contribution in [0.25, 0.3) is 88.0 Å². The Labute approximate surface area is 323 Å². The number of aryl methyl sites for hydroxylation is 1. The highest BCUT2D eigenvalue weighted by Gasteiger charge is 2.37. The molecule has 262 valence electrons. The van der Waals surface area contributed by atoms with Crippen LogP contribution in [0.3, 0.4) is 0 Å². The summed E-state index contributed by atoms with van der Waals surface area (Å²) in [4.78, 5) is 0. The van der Waals surface area contributed by atoms with Gasteiger partial charge in [-0.3, -0.25) is 0 Å². The topological polar surface area (TPSA) is 0 Å². The number of hydrogen-bond donors (Lipinski definition) is 0. The molecule has 0 aliphatic heterocycles. The maximum atomic E-state index is 2.49. The average molecular weight is 703 g/mol. The van der Waals surface area contributed by atoms with Gasteiger partial charge in [0, 0.05) is 10.8 Å². The molecule has 0 bridgehead atoms. The summed E-state index contributed by atoms with van der Waals surface area (Å²) in [6, 6.07) is 62.1.